The maximum absolute atomic E-state index is 12.2. The first-order valence-corrected chi connectivity index (χ1v) is 9.75. The molecule has 0 spiro atoms. The van der Waals surface area contributed by atoms with Gasteiger partial charge in [0.2, 0.25) is 0 Å². The summed E-state index contributed by atoms with van der Waals surface area (Å²) >= 11 is 7.25. The van der Waals surface area contributed by atoms with Crippen molar-refractivity contribution in [2.45, 2.75) is 32.1 Å². The lowest BCUT2D eigenvalue weighted by molar-refractivity contribution is -0.119. The summed E-state index contributed by atoms with van der Waals surface area (Å²) in [6, 6.07) is 6.56. The Balaban J connectivity index is 1.63. The molecule has 0 unspecified atom stereocenters. The maximum Gasteiger partial charge on any atom is 0.338 e. The van der Waals surface area contributed by atoms with Gasteiger partial charge in [0.05, 0.1) is 21.8 Å². The average molecular weight is 404 g/mol. The minimum Gasteiger partial charge on any atom is -0.452 e. The number of nitrogens with one attached hydrogen (secondary N) is 1. The van der Waals surface area contributed by atoms with Crippen molar-refractivity contribution in [3.8, 4) is 6.07 Å². The number of nitriles is 1. The highest BCUT2D eigenvalue weighted by Gasteiger charge is 2.21. The van der Waals surface area contributed by atoms with Gasteiger partial charge in [0.25, 0.3) is 5.91 Å². The number of hydrogen-bond donors (Lipinski definition) is 2. The van der Waals surface area contributed by atoms with Gasteiger partial charge in [-0.15, -0.1) is 11.3 Å². The normalized spacial score (nSPS) is 13.2. The van der Waals surface area contributed by atoms with Crippen molar-refractivity contribution in [1.82, 2.24) is 0 Å². The summed E-state index contributed by atoms with van der Waals surface area (Å²) < 4.78 is 5.02. The van der Waals surface area contributed by atoms with E-state index >= 15 is 0 Å². The molecule has 8 heteroatoms. The van der Waals surface area contributed by atoms with Crippen molar-refractivity contribution in [2.75, 3.05) is 17.7 Å². The van der Waals surface area contributed by atoms with Crippen LogP contribution in [0.15, 0.2) is 18.2 Å². The minimum atomic E-state index is -0.670. The summed E-state index contributed by atoms with van der Waals surface area (Å²) in [6.45, 7) is -0.450. The Hall–Kier alpha value is -2.56. The Bertz CT molecular complexity index is 933. The Morgan fingerprint density at radius 3 is 2.81 bits per heavy atom. The standard InChI is InChI=1S/C19H18ClN3O3S/c20-14-7-6-11(8-15(14)22)19(25)26-10-17(24)23-18-13(9-21)12-4-2-1-3-5-16(12)27-18/h6-8H,1-5,10,22H2,(H,23,24). The smallest absolute Gasteiger partial charge is 0.338 e. The summed E-state index contributed by atoms with van der Waals surface area (Å²) in [6.07, 6.45) is 5.08. The van der Waals surface area contributed by atoms with Gasteiger partial charge in [-0.2, -0.15) is 5.26 Å². The van der Waals surface area contributed by atoms with Gasteiger partial charge in [-0.25, -0.2) is 4.79 Å². The highest BCUT2D eigenvalue weighted by molar-refractivity contribution is 7.16. The number of anilines is 2. The number of nitrogens with zero attached hydrogens (tertiary/aromatic N) is 1. The van der Waals surface area contributed by atoms with Crippen LogP contribution in [-0.4, -0.2) is 18.5 Å². The third-order valence-electron chi connectivity index (χ3n) is 4.35. The van der Waals surface area contributed by atoms with E-state index in [1.54, 1.807) is 0 Å². The maximum atomic E-state index is 12.2. The lowest BCUT2D eigenvalue weighted by atomic mass is 10.1. The van der Waals surface area contributed by atoms with Gasteiger partial charge >= 0.3 is 5.97 Å². The van der Waals surface area contributed by atoms with E-state index in [0.717, 1.165) is 42.5 Å². The van der Waals surface area contributed by atoms with Crippen LogP contribution in [0, 0.1) is 11.3 Å². The zero-order valence-electron chi connectivity index (χ0n) is 14.5. The summed E-state index contributed by atoms with van der Waals surface area (Å²) in [7, 11) is 0. The average Bonchev–Trinajstić information content (AvgIpc) is 2.81. The number of ether oxygens (including phenoxy) is 1. The first kappa shape index (κ1) is 19.2. The third kappa shape index (κ3) is 4.41. The van der Waals surface area contributed by atoms with Crippen LogP contribution in [0.4, 0.5) is 10.7 Å². The predicted octanol–water partition coefficient (Wildman–Crippen LogP) is 3.92. The number of nitrogens with two attached hydrogens (primary N) is 1. The van der Waals surface area contributed by atoms with Gasteiger partial charge in [0.1, 0.15) is 11.1 Å². The molecule has 3 rings (SSSR count). The zero-order valence-corrected chi connectivity index (χ0v) is 16.1. The summed E-state index contributed by atoms with van der Waals surface area (Å²) in [5.74, 6) is -1.16. The number of amides is 1. The second-order valence-electron chi connectivity index (χ2n) is 6.24. The van der Waals surface area contributed by atoms with Crippen LogP contribution in [0.2, 0.25) is 5.02 Å². The number of thiophene rings is 1. The molecule has 0 radical (unpaired) electrons. The van der Waals surface area contributed by atoms with Crippen molar-refractivity contribution >= 4 is 45.5 Å². The molecular formula is C19H18ClN3O3S. The van der Waals surface area contributed by atoms with Crippen molar-refractivity contribution < 1.29 is 14.3 Å². The fraction of sp³-hybridized carbons (Fsp3) is 0.316. The molecule has 3 N–H and O–H groups in total. The van der Waals surface area contributed by atoms with E-state index in [1.807, 2.05) is 0 Å². The largest absolute Gasteiger partial charge is 0.452 e. The predicted molar refractivity (Wildman–Crippen MR) is 105 cm³/mol. The molecule has 0 fully saturated rings. The number of nitrogen functional groups attached to an aromatic ring is 1. The molecule has 0 saturated heterocycles. The van der Waals surface area contributed by atoms with Crippen LogP contribution in [-0.2, 0) is 22.4 Å². The van der Waals surface area contributed by atoms with Gasteiger partial charge in [-0.3, -0.25) is 4.79 Å². The summed E-state index contributed by atoms with van der Waals surface area (Å²) in [5.41, 5.74) is 7.71. The molecule has 0 bridgehead atoms. The summed E-state index contributed by atoms with van der Waals surface area (Å²) in [5, 5.41) is 13.0. The van der Waals surface area contributed by atoms with E-state index in [2.05, 4.69) is 11.4 Å². The van der Waals surface area contributed by atoms with Crippen molar-refractivity contribution in [2.24, 2.45) is 0 Å². The second kappa shape index (κ2) is 8.42. The molecule has 1 amide bonds. The van der Waals surface area contributed by atoms with Crippen LogP contribution in [0.25, 0.3) is 0 Å². The molecule has 0 saturated carbocycles. The lowest BCUT2D eigenvalue weighted by Gasteiger charge is -2.07. The molecule has 0 atom stereocenters. The Morgan fingerprint density at radius 1 is 1.30 bits per heavy atom. The number of carbonyl (C=O) groups excluding carboxylic acids is 2. The third-order valence-corrected chi connectivity index (χ3v) is 5.90. The first-order chi connectivity index (χ1) is 13.0. The number of carbonyl (C=O) groups is 2. The molecule has 140 valence electrons. The van der Waals surface area contributed by atoms with E-state index in [1.165, 1.54) is 29.5 Å². The van der Waals surface area contributed by atoms with Crippen LogP contribution in [0.3, 0.4) is 0 Å². The van der Waals surface area contributed by atoms with Gasteiger partial charge < -0.3 is 15.8 Å². The number of esters is 1. The highest BCUT2D eigenvalue weighted by atomic mass is 35.5. The quantitative estimate of drug-likeness (QED) is 0.457. The van der Waals surface area contributed by atoms with E-state index in [9.17, 15) is 14.9 Å². The number of aryl methyl sites for hydroxylation is 1. The monoisotopic (exact) mass is 403 g/mol. The van der Waals surface area contributed by atoms with Gasteiger partial charge in [0.15, 0.2) is 6.61 Å². The molecule has 2 aromatic rings. The van der Waals surface area contributed by atoms with Gasteiger partial charge in [-0.1, -0.05) is 18.0 Å². The number of hydrogen-bond acceptors (Lipinski definition) is 6. The molecular weight excluding hydrogens is 386 g/mol. The molecule has 1 aliphatic carbocycles. The number of rotatable bonds is 4. The molecule has 1 aliphatic rings. The van der Waals surface area contributed by atoms with E-state index in [-0.39, 0.29) is 11.3 Å². The number of fused-ring (bicyclic) bond motifs is 1. The van der Waals surface area contributed by atoms with Crippen molar-refractivity contribution in [3.05, 3.63) is 44.8 Å². The Morgan fingerprint density at radius 2 is 2.07 bits per heavy atom. The number of halogens is 1. The Labute approximate surface area is 165 Å². The van der Waals surface area contributed by atoms with Crippen LogP contribution in [0.5, 0.6) is 0 Å². The molecule has 1 aromatic carbocycles. The minimum absolute atomic E-state index is 0.213. The molecule has 1 aromatic heterocycles. The number of benzene rings is 1. The first-order valence-electron chi connectivity index (χ1n) is 8.56. The highest BCUT2D eigenvalue weighted by Crippen LogP contribution is 2.36. The topological polar surface area (TPSA) is 105 Å². The molecule has 1 heterocycles. The molecule has 6 nitrogen and oxygen atoms in total. The zero-order chi connectivity index (χ0) is 19.4. The van der Waals surface area contributed by atoms with Gasteiger partial charge in [-0.05, 0) is 49.4 Å². The van der Waals surface area contributed by atoms with E-state index in [0.29, 0.717) is 15.6 Å². The van der Waals surface area contributed by atoms with Crippen LogP contribution < -0.4 is 11.1 Å². The van der Waals surface area contributed by atoms with Crippen molar-refractivity contribution in [1.29, 1.82) is 5.26 Å². The fourth-order valence-electron chi connectivity index (χ4n) is 3.00. The van der Waals surface area contributed by atoms with Crippen molar-refractivity contribution in [3.63, 3.8) is 0 Å². The SMILES string of the molecule is N#Cc1c(NC(=O)COC(=O)c2ccc(Cl)c(N)c2)sc2c1CCCCC2. The van der Waals surface area contributed by atoms with Crippen LogP contribution >= 0.6 is 22.9 Å². The van der Waals surface area contributed by atoms with E-state index in [4.69, 9.17) is 22.1 Å². The summed E-state index contributed by atoms with van der Waals surface area (Å²) in [4.78, 5) is 25.4. The molecule has 27 heavy (non-hydrogen) atoms. The Kier molecular flexibility index (Phi) is 5.99. The van der Waals surface area contributed by atoms with Gasteiger partial charge in [0, 0.05) is 4.88 Å². The fourth-order valence-corrected chi connectivity index (χ4v) is 4.37. The molecule has 0 aliphatic heterocycles. The second-order valence-corrected chi connectivity index (χ2v) is 7.75. The van der Waals surface area contributed by atoms with Crippen LogP contribution in [0.1, 0.15) is 45.6 Å². The van der Waals surface area contributed by atoms with E-state index < -0.39 is 18.5 Å². The lowest BCUT2D eigenvalue weighted by Crippen LogP contribution is -2.21.